The number of rotatable bonds is 4. The first-order valence-electron chi connectivity index (χ1n) is 4.28. The summed E-state index contributed by atoms with van der Waals surface area (Å²) in [6.07, 6.45) is 4.40. The van der Waals surface area contributed by atoms with Crippen molar-refractivity contribution in [3.63, 3.8) is 0 Å². The van der Waals surface area contributed by atoms with E-state index in [-0.39, 0.29) is 11.8 Å². The highest BCUT2D eigenvalue weighted by Crippen LogP contribution is 2.07. The van der Waals surface area contributed by atoms with Gasteiger partial charge in [-0.25, -0.2) is 18.4 Å². The summed E-state index contributed by atoms with van der Waals surface area (Å²) in [5.74, 6) is 0.487. The molecule has 1 aromatic rings. The van der Waals surface area contributed by atoms with Gasteiger partial charge in [-0.3, -0.25) is 0 Å². The Morgan fingerprint density at radius 1 is 1.47 bits per heavy atom. The largest absolute Gasteiger partial charge is 0.351 e. The molecule has 1 heterocycles. The summed E-state index contributed by atoms with van der Waals surface area (Å²) >= 11 is 3.21. The summed E-state index contributed by atoms with van der Waals surface area (Å²) in [6.45, 7) is 1.77. The van der Waals surface area contributed by atoms with Crippen LogP contribution in [0.5, 0.6) is 0 Å². The van der Waals surface area contributed by atoms with Gasteiger partial charge in [0.25, 0.3) is 0 Å². The van der Waals surface area contributed by atoms with Crippen molar-refractivity contribution >= 4 is 31.7 Å². The van der Waals surface area contributed by atoms with Crippen LogP contribution in [0.4, 0.5) is 5.95 Å². The van der Waals surface area contributed by atoms with E-state index in [4.69, 9.17) is 0 Å². The van der Waals surface area contributed by atoms with E-state index >= 15 is 0 Å². The van der Waals surface area contributed by atoms with Gasteiger partial charge in [0.2, 0.25) is 5.95 Å². The second-order valence-corrected chi connectivity index (χ2v) is 6.46. The highest BCUT2D eigenvalue weighted by Gasteiger charge is 2.10. The average molecular weight is 294 g/mol. The molecule has 0 saturated heterocycles. The molecule has 1 atom stereocenters. The maximum Gasteiger partial charge on any atom is 0.222 e. The number of hydrogen-bond acceptors (Lipinski definition) is 5. The fourth-order valence-corrected chi connectivity index (χ4v) is 2.30. The van der Waals surface area contributed by atoms with Crippen molar-refractivity contribution in [1.29, 1.82) is 0 Å². The van der Waals surface area contributed by atoms with Gasteiger partial charge in [0, 0.05) is 24.7 Å². The van der Waals surface area contributed by atoms with Crippen LogP contribution in [-0.4, -0.2) is 36.4 Å². The predicted octanol–water partition coefficient (Wildman–Crippen LogP) is 1.08. The van der Waals surface area contributed by atoms with Gasteiger partial charge in [-0.05, 0) is 22.9 Å². The molecule has 0 aromatic carbocycles. The second kappa shape index (κ2) is 4.89. The Morgan fingerprint density at radius 2 is 2.00 bits per heavy atom. The Balaban J connectivity index is 2.59. The molecule has 1 N–H and O–H groups in total. The maximum atomic E-state index is 11.0. The molecule has 0 spiro atoms. The second-order valence-electron chi connectivity index (χ2n) is 3.36. The zero-order valence-electron chi connectivity index (χ0n) is 8.44. The summed E-state index contributed by atoms with van der Waals surface area (Å²) in [7, 11) is -2.98. The minimum absolute atomic E-state index is 0.0619. The molecule has 1 unspecified atom stereocenters. The summed E-state index contributed by atoms with van der Waals surface area (Å²) in [5, 5.41) is 2.90. The van der Waals surface area contributed by atoms with Gasteiger partial charge in [0.1, 0.15) is 9.84 Å². The summed E-state index contributed by atoms with van der Waals surface area (Å²) in [4.78, 5) is 7.97. The zero-order chi connectivity index (χ0) is 11.5. The van der Waals surface area contributed by atoms with Crippen LogP contribution in [0.1, 0.15) is 6.92 Å². The van der Waals surface area contributed by atoms with Crippen LogP contribution in [0.25, 0.3) is 0 Å². The Hall–Kier alpha value is -0.690. The van der Waals surface area contributed by atoms with Gasteiger partial charge in [0.05, 0.1) is 10.2 Å². The van der Waals surface area contributed by atoms with Crippen LogP contribution >= 0.6 is 15.9 Å². The van der Waals surface area contributed by atoms with Crippen molar-refractivity contribution in [1.82, 2.24) is 9.97 Å². The van der Waals surface area contributed by atoms with Gasteiger partial charge in [-0.1, -0.05) is 0 Å². The van der Waals surface area contributed by atoms with Gasteiger partial charge in [-0.15, -0.1) is 0 Å². The number of hydrogen-bond donors (Lipinski definition) is 1. The first-order valence-corrected chi connectivity index (χ1v) is 7.14. The van der Waals surface area contributed by atoms with E-state index in [1.165, 1.54) is 6.26 Å². The first kappa shape index (κ1) is 12.4. The topological polar surface area (TPSA) is 72.0 Å². The minimum Gasteiger partial charge on any atom is -0.351 e. The number of aromatic nitrogens is 2. The molecule has 0 radical (unpaired) electrons. The van der Waals surface area contributed by atoms with Crippen molar-refractivity contribution in [3.8, 4) is 0 Å². The van der Waals surface area contributed by atoms with E-state index in [9.17, 15) is 8.42 Å². The lowest BCUT2D eigenvalue weighted by atomic mass is 10.4. The summed E-state index contributed by atoms with van der Waals surface area (Å²) < 4.78 is 22.8. The Morgan fingerprint density at radius 3 is 2.47 bits per heavy atom. The number of nitrogens with one attached hydrogen (secondary N) is 1. The monoisotopic (exact) mass is 293 g/mol. The van der Waals surface area contributed by atoms with Gasteiger partial charge in [0.15, 0.2) is 0 Å². The van der Waals surface area contributed by atoms with Crippen molar-refractivity contribution < 1.29 is 8.42 Å². The molecule has 0 fully saturated rings. The van der Waals surface area contributed by atoms with Crippen LogP contribution < -0.4 is 5.32 Å². The van der Waals surface area contributed by atoms with Crippen LogP contribution in [0.2, 0.25) is 0 Å². The van der Waals surface area contributed by atoms with E-state index < -0.39 is 9.84 Å². The quantitative estimate of drug-likeness (QED) is 0.900. The Kier molecular flexibility index (Phi) is 4.04. The standard InChI is InChI=1S/C8H12BrN3O2S/c1-6(5-15(2,13)14)12-8-10-3-7(9)4-11-8/h3-4,6H,5H2,1-2H3,(H,10,11,12). The van der Waals surface area contributed by atoms with E-state index in [0.29, 0.717) is 5.95 Å². The lowest BCUT2D eigenvalue weighted by molar-refractivity contribution is 0.597. The third kappa shape index (κ3) is 5.08. The molecule has 1 rings (SSSR count). The predicted molar refractivity (Wildman–Crippen MR) is 62.5 cm³/mol. The number of nitrogens with zero attached hydrogens (tertiary/aromatic N) is 2. The highest BCUT2D eigenvalue weighted by atomic mass is 79.9. The molecule has 15 heavy (non-hydrogen) atoms. The molecule has 84 valence electrons. The number of sulfone groups is 1. The van der Waals surface area contributed by atoms with Crippen LogP contribution in [-0.2, 0) is 9.84 Å². The molecule has 0 aliphatic carbocycles. The van der Waals surface area contributed by atoms with E-state index in [0.717, 1.165) is 4.47 Å². The van der Waals surface area contributed by atoms with Crippen LogP contribution in [0.3, 0.4) is 0 Å². The molecule has 0 bridgehead atoms. The third-order valence-corrected chi connectivity index (χ3v) is 3.06. The van der Waals surface area contributed by atoms with Crippen molar-refractivity contribution in [2.24, 2.45) is 0 Å². The van der Waals surface area contributed by atoms with Crippen molar-refractivity contribution in [2.75, 3.05) is 17.3 Å². The molecule has 1 aromatic heterocycles. The fraction of sp³-hybridized carbons (Fsp3) is 0.500. The lowest BCUT2D eigenvalue weighted by Gasteiger charge is -2.11. The van der Waals surface area contributed by atoms with Crippen molar-refractivity contribution in [2.45, 2.75) is 13.0 Å². The third-order valence-electron chi connectivity index (χ3n) is 1.55. The Bertz CT molecular complexity index is 418. The molecule has 0 aliphatic heterocycles. The molecule has 0 amide bonds. The molecule has 0 saturated carbocycles. The molecule has 5 nitrogen and oxygen atoms in total. The van der Waals surface area contributed by atoms with E-state index in [1.807, 2.05) is 0 Å². The Labute approximate surface area is 97.4 Å². The smallest absolute Gasteiger partial charge is 0.222 e. The molecular weight excluding hydrogens is 282 g/mol. The number of anilines is 1. The highest BCUT2D eigenvalue weighted by molar-refractivity contribution is 9.10. The molecule has 7 heteroatoms. The van der Waals surface area contributed by atoms with Crippen LogP contribution in [0, 0.1) is 0 Å². The van der Waals surface area contributed by atoms with Gasteiger partial charge in [-0.2, -0.15) is 0 Å². The molecule has 0 aliphatic rings. The fourth-order valence-electron chi connectivity index (χ4n) is 1.10. The maximum absolute atomic E-state index is 11.0. The first-order chi connectivity index (χ1) is 6.87. The SMILES string of the molecule is CC(CS(C)(=O)=O)Nc1ncc(Br)cn1. The minimum atomic E-state index is -2.98. The average Bonchev–Trinajstić information content (AvgIpc) is 2.05. The van der Waals surface area contributed by atoms with E-state index in [1.54, 1.807) is 19.3 Å². The van der Waals surface area contributed by atoms with Crippen LogP contribution in [0.15, 0.2) is 16.9 Å². The summed E-state index contributed by atoms with van der Waals surface area (Å²) in [5.41, 5.74) is 0. The normalized spacial score (nSPS) is 13.5. The summed E-state index contributed by atoms with van der Waals surface area (Å²) in [6, 6.07) is -0.207. The zero-order valence-corrected chi connectivity index (χ0v) is 10.8. The molecular formula is C8H12BrN3O2S. The van der Waals surface area contributed by atoms with Gasteiger partial charge >= 0.3 is 0 Å². The van der Waals surface area contributed by atoms with E-state index in [2.05, 4.69) is 31.2 Å². The van der Waals surface area contributed by atoms with Crippen molar-refractivity contribution in [3.05, 3.63) is 16.9 Å². The number of halogens is 1. The lowest BCUT2D eigenvalue weighted by Crippen LogP contribution is -2.25. The van der Waals surface area contributed by atoms with Gasteiger partial charge < -0.3 is 5.32 Å².